The Morgan fingerprint density at radius 2 is 1.40 bits per heavy atom. The van der Waals surface area contributed by atoms with Gasteiger partial charge in [-0.15, -0.1) is 0 Å². The largest absolute Gasteiger partial charge is 0.465 e. The van der Waals surface area contributed by atoms with Crippen molar-refractivity contribution in [3.63, 3.8) is 0 Å². The van der Waals surface area contributed by atoms with Crippen LogP contribution >= 0.6 is 11.3 Å². The van der Waals surface area contributed by atoms with Gasteiger partial charge in [0.2, 0.25) is 11.8 Å². The van der Waals surface area contributed by atoms with Crippen molar-refractivity contribution in [1.29, 1.82) is 0 Å². The molecular formula is C38H46N10O6S. The van der Waals surface area contributed by atoms with Gasteiger partial charge in [-0.05, 0) is 54.7 Å². The molecule has 1 unspecified atom stereocenters. The first-order valence-electron chi connectivity index (χ1n) is 18.6. The van der Waals surface area contributed by atoms with E-state index in [1.54, 1.807) is 16.0 Å². The molecular weight excluding hydrogens is 725 g/mol. The van der Waals surface area contributed by atoms with E-state index in [9.17, 15) is 29.4 Å². The number of aromatic nitrogens is 6. The Hall–Kier alpha value is -5.71. The summed E-state index contributed by atoms with van der Waals surface area (Å²) >= 11 is 1.53. The minimum absolute atomic E-state index is 0.193. The molecule has 0 spiro atoms. The second-order valence-corrected chi connectivity index (χ2v) is 15.9. The van der Waals surface area contributed by atoms with Gasteiger partial charge in [0.25, 0.3) is 0 Å². The summed E-state index contributed by atoms with van der Waals surface area (Å²) in [5.41, 5.74) is 5.31. The Morgan fingerprint density at radius 3 is 1.95 bits per heavy atom. The van der Waals surface area contributed by atoms with E-state index in [1.807, 2.05) is 53.1 Å². The van der Waals surface area contributed by atoms with Gasteiger partial charge in [0.05, 0.1) is 29.7 Å². The molecule has 17 heteroatoms. The van der Waals surface area contributed by atoms with Crippen molar-refractivity contribution >= 4 is 45.7 Å². The predicted molar refractivity (Wildman–Crippen MR) is 206 cm³/mol. The van der Waals surface area contributed by atoms with Crippen LogP contribution in [0.2, 0.25) is 0 Å². The average molecular weight is 771 g/mol. The standard InChI is InChI=1S/C38H46N10O6S/c1-19(2)29(44-37(51)52)34(49)47-14-6-8-26(47)31-39-17-24(41-31)21-10-12-22(13-11-21)28-16-23-36(46(28)5)55-33(43-23)25-18-40-32(42-25)27-9-7-15-48(27)35(50)30(20(3)4)45-38(53)54/h10-13,16-20,26-27,29-30,44-45H,6-9,14-15H2,1-5H3,(H,39,41)(H,40,42)(H,51,52)(H,53,54)/t26-,27?,29-,30-/m0/s1. The van der Waals surface area contributed by atoms with E-state index in [2.05, 4.69) is 48.4 Å². The van der Waals surface area contributed by atoms with Crippen LogP contribution in [0, 0.1) is 11.8 Å². The summed E-state index contributed by atoms with van der Waals surface area (Å²) in [4.78, 5) is 75.0. The molecule has 2 aliphatic heterocycles. The third kappa shape index (κ3) is 7.39. The van der Waals surface area contributed by atoms with E-state index in [0.29, 0.717) is 30.4 Å². The Labute approximate surface area is 321 Å². The summed E-state index contributed by atoms with van der Waals surface area (Å²) in [6.07, 6.45) is 4.22. The fraction of sp³-hybridized carbons (Fsp3) is 0.447. The minimum atomic E-state index is -1.22. The van der Waals surface area contributed by atoms with E-state index in [0.717, 1.165) is 63.6 Å². The van der Waals surface area contributed by atoms with Crippen molar-refractivity contribution in [3.8, 4) is 33.2 Å². The summed E-state index contributed by atoms with van der Waals surface area (Å²) in [7, 11) is 2.01. The van der Waals surface area contributed by atoms with Crippen LogP contribution < -0.4 is 10.6 Å². The number of carboxylic acid groups (broad SMARTS) is 2. The second-order valence-electron chi connectivity index (χ2n) is 15.0. The van der Waals surface area contributed by atoms with Crippen molar-refractivity contribution in [2.75, 3.05) is 13.1 Å². The normalized spacial score (nSPS) is 18.4. The van der Waals surface area contributed by atoms with E-state index in [-0.39, 0.29) is 35.7 Å². The van der Waals surface area contributed by atoms with E-state index >= 15 is 0 Å². The molecule has 1 aromatic carbocycles. The molecule has 16 nitrogen and oxygen atoms in total. The number of likely N-dealkylation sites (tertiary alicyclic amines) is 2. The van der Waals surface area contributed by atoms with Crippen molar-refractivity contribution in [3.05, 3.63) is 54.4 Å². The SMILES string of the molecule is CC(C)[C@H](NC(=O)O)C(=O)N1CCCC1c1nc(-c2nc3cc(-c4ccc(-c5cnc([C@@H]6CCCN6C(=O)[C@@H](NC(=O)O)C(C)C)[nH]5)cc4)n(C)c3s2)c[nH]1. The number of benzene rings is 1. The second kappa shape index (κ2) is 15.2. The smallest absolute Gasteiger partial charge is 0.405 e. The maximum Gasteiger partial charge on any atom is 0.405 e. The summed E-state index contributed by atoms with van der Waals surface area (Å²) in [5.74, 6) is 0.462. The fourth-order valence-corrected chi connectivity index (χ4v) is 8.73. The topological polar surface area (TPSA) is 214 Å². The van der Waals surface area contributed by atoms with Crippen molar-refractivity contribution in [2.24, 2.45) is 18.9 Å². The maximum absolute atomic E-state index is 13.4. The van der Waals surface area contributed by atoms with Crippen molar-refractivity contribution in [2.45, 2.75) is 77.5 Å². The van der Waals surface area contributed by atoms with Crippen LogP contribution in [0.25, 0.3) is 43.6 Å². The predicted octanol–water partition coefficient (Wildman–Crippen LogP) is 5.99. The van der Waals surface area contributed by atoms with Crippen LogP contribution in [0.5, 0.6) is 0 Å². The first-order chi connectivity index (χ1) is 26.3. The Bertz CT molecular complexity index is 2220. The molecule has 6 N–H and O–H groups in total. The first kappa shape index (κ1) is 37.6. The lowest BCUT2D eigenvalue weighted by atomic mass is 10.0. The Morgan fingerprint density at radius 1 is 0.836 bits per heavy atom. The monoisotopic (exact) mass is 770 g/mol. The first-order valence-corrected chi connectivity index (χ1v) is 19.4. The summed E-state index contributed by atoms with van der Waals surface area (Å²) in [5, 5.41) is 24.1. The molecule has 4 aromatic heterocycles. The summed E-state index contributed by atoms with van der Waals surface area (Å²) in [6.45, 7) is 8.38. The number of hydrogen-bond acceptors (Lipinski definition) is 8. The van der Waals surface area contributed by atoms with Crippen LogP contribution in [-0.4, -0.2) is 98.7 Å². The lowest BCUT2D eigenvalue weighted by molar-refractivity contribution is -0.136. The Balaban J connectivity index is 1.05. The minimum Gasteiger partial charge on any atom is -0.465 e. The number of fused-ring (bicyclic) bond motifs is 1. The quantitative estimate of drug-likeness (QED) is 0.0929. The molecule has 0 radical (unpaired) electrons. The number of carbonyl (C=O) groups is 4. The lowest BCUT2D eigenvalue weighted by Gasteiger charge is -2.29. The lowest BCUT2D eigenvalue weighted by Crippen LogP contribution is -2.50. The van der Waals surface area contributed by atoms with Gasteiger partial charge >= 0.3 is 12.2 Å². The fourth-order valence-electron chi connectivity index (χ4n) is 7.75. The third-order valence-electron chi connectivity index (χ3n) is 10.6. The van der Waals surface area contributed by atoms with Gasteiger partial charge in [-0.2, -0.15) is 0 Å². The van der Waals surface area contributed by atoms with Crippen molar-refractivity contribution in [1.82, 2.24) is 49.9 Å². The number of hydrogen-bond donors (Lipinski definition) is 6. The number of aromatic amines is 2. The van der Waals surface area contributed by atoms with E-state index < -0.39 is 24.3 Å². The number of amides is 4. The zero-order valence-electron chi connectivity index (χ0n) is 31.4. The molecule has 0 aliphatic carbocycles. The molecule has 290 valence electrons. The van der Waals surface area contributed by atoms with Gasteiger partial charge in [-0.1, -0.05) is 63.3 Å². The molecule has 5 aromatic rings. The highest BCUT2D eigenvalue weighted by Crippen LogP contribution is 2.38. The average Bonchev–Trinajstić information content (AvgIpc) is 3.99. The number of H-pyrrole nitrogens is 2. The van der Waals surface area contributed by atoms with Crippen molar-refractivity contribution < 1.29 is 29.4 Å². The van der Waals surface area contributed by atoms with Gasteiger partial charge in [-0.3, -0.25) is 9.59 Å². The summed E-state index contributed by atoms with van der Waals surface area (Å²) in [6, 6.07) is 8.02. The molecule has 2 saturated heterocycles. The number of thiazole rings is 1. The van der Waals surface area contributed by atoms with Gasteiger partial charge in [-0.25, -0.2) is 24.5 Å². The van der Waals surface area contributed by atoms with Crippen LogP contribution in [-0.2, 0) is 16.6 Å². The highest BCUT2D eigenvalue weighted by molar-refractivity contribution is 7.21. The van der Waals surface area contributed by atoms with Crippen LogP contribution in [0.1, 0.15) is 77.1 Å². The molecule has 0 saturated carbocycles. The number of nitrogens with zero attached hydrogens (tertiary/aromatic N) is 6. The molecule has 0 bridgehead atoms. The zero-order valence-corrected chi connectivity index (χ0v) is 32.2. The van der Waals surface area contributed by atoms with Crippen LogP contribution in [0.3, 0.4) is 0 Å². The molecule has 55 heavy (non-hydrogen) atoms. The Kier molecular flexibility index (Phi) is 10.4. The van der Waals surface area contributed by atoms with Crippen LogP contribution in [0.4, 0.5) is 9.59 Å². The van der Waals surface area contributed by atoms with Crippen LogP contribution in [0.15, 0.2) is 42.7 Å². The van der Waals surface area contributed by atoms with Gasteiger partial charge < -0.3 is 45.2 Å². The maximum atomic E-state index is 13.4. The molecule has 4 amide bonds. The molecule has 6 heterocycles. The van der Waals surface area contributed by atoms with Gasteiger partial charge in [0, 0.05) is 26.3 Å². The molecule has 4 atom stereocenters. The molecule has 2 aliphatic rings. The number of imidazole rings is 2. The zero-order chi connectivity index (χ0) is 39.1. The number of rotatable bonds is 11. The highest BCUT2D eigenvalue weighted by Gasteiger charge is 2.39. The number of aryl methyl sites for hydroxylation is 1. The number of nitrogens with one attached hydrogen (secondary N) is 4. The van der Waals surface area contributed by atoms with Gasteiger partial charge in [0.15, 0.2) is 0 Å². The third-order valence-corrected chi connectivity index (χ3v) is 11.8. The van der Waals surface area contributed by atoms with E-state index in [1.165, 1.54) is 11.3 Å². The highest BCUT2D eigenvalue weighted by atomic mass is 32.1. The summed E-state index contributed by atoms with van der Waals surface area (Å²) < 4.78 is 2.11. The molecule has 2 fully saturated rings. The molecule has 7 rings (SSSR count). The van der Waals surface area contributed by atoms with Gasteiger partial charge in [0.1, 0.15) is 44.8 Å². The van der Waals surface area contributed by atoms with E-state index in [4.69, 9.17) is 9.97 Å². The number of carbonyl (C=O) groups excluding carboxylic acids is 2.